The van der Waals surface area contributed by atoms with Crippen molar-refractivity contribution in [2.75, 3.05) is 6.54 Å². The fourth-order valence-corrected chi connectivity index (χ4v) is 3.61. The lowest BCUT2D eigenvalue weighted by atomic mass is 9.96. The Morgan fingerprint density at radius 1 is 1.20 bits per heavy atom. The first-order chi connectivity index (χ1) is 12.3. The second-order valence-electron chi connectivity index (χ2n) is 7.22. The van der Waals surface area contributed by atoms with Crippen molar-refractivity contribution in [3.8, 4) is 5.69 Å². The Morgan fingerprint density at radius 3 is 2.68 bits per heavy atom. The predicted molar refractivity (Wildman–Crippen MR) is 95.1 cm³/mol. The van der Waals surface area contributed by atoms with E-state index in [-0.39, 0.29) is 5.91 Å². The molecule has 2 aliphatic rings. The molecule has 2 aromatic rings. The van der Waals surface area contributed by atoms with Crippen LogP contribution in [0.5, 0.6) is 0 Å². The summed E-state index contributed by atoms with van der Waals surface area (Å²) >= 11 is 0. The Morgan fingerprint density at radius 2 is 1.96 bits per heavy atom. The maximum absolute atomic E-state index is 12.8. The van der Waals surface area contributed by atoms with Crippen LogP contribution in [-0.2, 0) is 11.3 Å². The van der Waals surface area contributed by atoms with Crippen LogP contribution in [0.1, 0.15) is 44.3 Å². The van der Waals surface area contributed by atoms with Gasteiger partial charge in [-0.05, 0) is 43.7 Å². The Labute approximate surface area is 148 Å². The van der Waals surface area contributed by atoms with Crippen molar-refractivity contribution < 1.29 is 4.79 Å². The highest BCUT2D eigenvalue weighted by molar-refractivity contribution is 5.86. The highest BCUT2D eigenvalue weighted by Crippen LogP contribution is 2.32. The smallest absolute Gasteiger partial charge is 0.240 e. The lowest BCUT2D eigenvalue weighted by Gasteiger charge is -2.29. The number of hydrogen-bond donors (Lipinski definition) is 2. The molecule has 1 aromatic carbocycles. The van der Waals surface area contributed by atoms with Crippen molar-refractivity contribution in [1.29, 1.82) is 0 Å². The highest BCUT2D eigenvalue weighted by Gasteiger charge is 2.41. The van der Waals surface area contributed by atoms with Gasteiger partial charge in [0.15, 0.2) is 0 Å². The van der Waals surface area contributed by atoms with E-state index in [4.69, 9.17) is 0 Å². The van der Waals surface area contributed by atoms with Gasteiger partial charge in [0.2, 0.25) is 5.91 Å². The molecule has 1 heterocycles. The lowest BCUT2D eigenvalue weighted by Crippen LogP contribution is -2.55. The quantitative estimate of drug-likeness (QED) is 0.811. The normalized spacial score (nSPS) is 19.0. The molecule has 0 unspecified atom stereocenters. The van der Waals surface area contributed by atoms with Crippen molar-refractivity contribution >= 4 is 5.91 Å². The van der Waals surface area contributed by atoms with E-state index in [9.17, 15) is 4.79 Å². The SMILES string of the molecule is O=C(NCC1CC1)C1(NCc2ncnn2-c2ccccc2)CCCC1. The topological polar surface area (TPSA) is 71.8 Å². The van der Waals surface area contributed by atoms with Crippen molar-refractivity contribution in [3.05, 3.63) is 42.5 Å². The average molecular weight is 339 g/mol. The molecule has 2 saturated carbocycles. The zero-order chi connectivity index (χ0) is 17.1. The van der Waals surface area contributed by atoms with E-state index in [1.165, 1.54) is 12.8 Å². The number of rotatable bonds is 7. The van der Waals surface area contributed by atoms with Crippen molar-refractivity contribution in [2.24, 2.45) is 5.92 Å². The van der Waals surface area contributed by atoms with Gasteiger partial charge in [-0.3, -0.25) is 10.1 Å². The van der Waals surface area contributed by atoms with Crippen LogP contribution >= 0.6 is 0 Å². The number of carbonyl (C=O) groups excluding carboxylic acids is 1. The van der Waals surface area contributed by atoms with Crippen LogP contribution < -0.4 is 10.6 Å². The second-order valence-corrected chi connectivity index (χ2v) is 7.22. The fraction of sp³-hybridized carbons (Fsp3) is 0.526. The van der Waals surface area contributed by atoms with Gasteiger partial charge in [0.25, 0.3) is 0 Å². The van der Waals surface area contributed by atoms with Gasteiger partial charge in [-0.1, -0.05) is 31.0 Å². The largest absolute Gasteiger partial charge is 0.354 e. The van der Waals surface area contributed by atoms with Gasteiger partial charge in [-0.15, -0.1) is 0 Å². The molecule has 0 saturated heterocycles. The molecule has 0 atom stereocenters. The summed E-state index contributed by atoms with van der Waals surface area (Å²) in [6.07, 6.45) is 8.04. The number of aromatic nitrogens is 3. The van der Waals surface area contributed by atoms with Crippen molar-refractivity contribution in [2.45, 2.75) is 50.6 Å². The van der Waals surface area contributed by atoms with Crippen molar-refractivity contribution in [3.63, 3.8) is 0 Å². The van der Waals surface area contributed by atoms with E-state index in [1.807, 2.05) is 35.0 Å². The summed E-state index contributed by atoms with van der Waals surface area (Å²) in [6.45, 7) is 1.36. The van der Waals surface area contributed by atoms with Crippen LogP contribution in [0, 0.1) is 5.92 Å². The minimum Gasteiger partial charge on any atom is -0.354 e. The zero-order valence-electron chi connectivity index (χ0n) is 14.4. The van der Waals surface area contributed by atoms with E-state index >= 15 is 0 Å². The van der Waals surface area contributed by atoms with Gasteiger partial charge in [0.1, 0.15) is 12.2 Å². The third kappa shape index (κ3) is 3.58. The Bertz CT molecular complexity index is 716. The second kappa shape index (κ2) is 6.96. The molecule has 6 heteroatoms. The molecule has 2 fully saturated rings. The first-order valence-corrected chi connectivity index (χ1v) is 9.24. The fourth-order valence-electron chi connectivity index (χ4n) is 3.61. The molecule has 132 valence electrons. The minimum absolute atomic E-state index is 0.155. The highest BCUT2D eigenvalue weighted by atomic mass is 16.2. The Balaban J connectivity index is 1.45. The number of nitrogens with zero attached hydrogens (tertiary/aromatic N) is 3. The molecule has 1 aromatic heterocycles. The van der Waals surface area contributed by atoms with Gasteiger partial charge >= 0.3 is 0 Å². The van der Waals surface area contributed by atoms with E-state index in [0.29, 0.717) is 12.5 Å². The lowest BCUT2D eigenvalue weighted by molar-refractivity contribution is -0.127. The number of amides is 1. The molecular weight excluding hydrogens is 314 g/mol. The number of nitrogens with one attached hydrogen (secondary N) is 2. The monoisotopic (exact) mass is 339 g/mol. The summed E-state index contributed by atoms with van der Waals surface area (Å²) in [6, 6.07) is 9.96. The maximum atomic E-state index is 12.8. The molecule has 0 spiro atoms. The van der Waals surface area contributed by atoms with E-state index in [2.05, 4.69) is 20.7 Å². The van der Waals surface area contributed by atoms with Crippen molar-refractivity contribution in [1.82, 2.24) is 25.4 Å². The van der Waals surface area contributed by atoms with Gasteiger partial charge in [-0.2, -0.15) is 5.10 Å². The predicted octanol–water partition coefficient (Wildman–Crippen LogP) is 2.20. The van der Waals surface area contributed by atoms with Gasteiger partial charge in [0.05, 0.1) is 17.8 Å². The molecule has 6 nitrogen and oxygen atoms in total. The standard InChI is InChI=1S/C19H25N5O/c25-18(20-12-15-8-9-15)19(10-4-5-11-19)22-13-17-21-14-23-24(17)16-6-2-1-3-7-16/h1-3,6-7,14-15,22H,4-5,8-13H2,(H,20,25). The molecule has 2 aliphatic carbocycles. The van der Waals surface area contributed by atoms with Crippen LogP contribution in [0.15, 0.2) is 36.7 Å². The third-order valence-corrected chi connectivity index (χ3v) is 5.34. The Hall–Kier alpha value is -2.21. The number of hydrogen-bond acceptors (Lipinski definition) is 4. The summed E-state index contributed by atoms with van der Waals surface area (Å²) in [7, 11) is 0. The van der Waals surface area contributed by atoms with E-state index in [1.54, 1.807) is 6.33 Å². The van der Waals surface area contributed by atoms with E-state index in [0.717, 1.165) is 43.7 Å². The van der Waals surface area contributed by atoms with Gasteiger partial charge in [-0.25, -0.2) is 9.67 Å². The van der Waals surface area contributed by atoms with Crippen LogP contribution in [0.25, 0.3) is 5.69 Å². The summed E-state index contributed by atoms with van der Waals surface area (Å²) in [4.78, 5) is 17.2. The maximum Gasteiger partial charge on any atom is 0.240 e. The Kier molecular flexibility index (Phi) is 4.53. The van der Waals surface area contributed by atoms with E-state index < -0.39 is 5.54 Å². The minimum atomic E-state index is -0.456. The van der Waals surface area contributed by atoms with Crippen LogP contribution in [0.3, 0.4) is 0 Å². The molecule has 2 N–H and O–H groups in total. The van der Waals surface area contributed by atoms with Crippen LogP contribution in [-0.4, -0.2) is 32.8 Å². The summed E-state index contributed by atoms with van der Waals surface area (Å²) in [5.41, 5.74) is 0.526. The van der Waals surface area contributed by atoms with Gasteiger partial charge in [0, 0.05) is 6.54 Å². The first-order valence-electron chi connectivity index (χ1n) is 9.24. The molecule has 0 bridgehead atoms. The summed E-state index contributed by atoms with van der Waals surface area (Å²) < 4.78 is 1.83. The first kappa shape index (κ1) is 16.3. The molecular formula is C19H25N5O. The molecule has 0 aliphatic heterocycles. The summed E-state index contributed by atoms with van der Waals surface area (Å²) in [5, 5.41) is 11.0. The molecule has 1 amide bonds. The van der Waals surface area contributed by atoms with Crippen LogP contribution in [0.2, 0.25) is 0 Å². The number of benzene rings is 1. The van der Waals surface area contributed by atoms with Crippen LogP contribution in [0.4, 0.5) is 0 Å². The number of carbonyl (C=O) groups is 1. The molecule has 0 radical (unpaired) electrons. The molecule has 25 heavy (non-hydrogen) atoms. The van der Waals surface area contributed by atoms with Gasteiger partial charge < -0.3 is 5.32 Å². The number of para-hydroxylation sites is 1. The average Bonchev–Trinajstić information content (AvgIpc) is 3.15. The summed E-state index contributed by atoms with van der Waals surface area (Å²) in [5.74, 6) is 1.68. The third-order valence-electron chi connectivity index (χ3n) is 5.34. The molecule has 4 rings (SSSR count). The zero-order valence-corrected chi connectivity index (χ0v) is 14.4.